The van der Waals surface area contributed by atoms with Gasteiger partial charge in [0.15, 0.2) is 0 Å². The normalized spacial score (nSPS) is 34.6. The van der Waals surface area contributed by atoms with Crippen molar-refractivity contribution in [1.29, 1.82) is 0 Å². The van der Waals surface area contributed by atoms with Crippen LogP contribution in [0.4, 0.5) is 26.3 Å². The second kappa shape index (κ2) is 6.20. The molecule has 0 radical (unpaired) electrons. The van der Waals surface area contributed by atoms with E-state index in [-0.39, 0.29) is 0 Å². The number of hydrogen-bond donors (Lipinski definition) is 3. The molecule has 1 heterocycles. The van der Waals surface area contributed by atoms with Crippen LogP contribution < -0.4 is 5.32 Å². The number of hydrogen-bond acceptors (Lipinski definition) is 6. The van der Waals surface area contributed by atoms with Gasteiger partial charge in [0.25, 0.3) is 5.79 Å². The van der Waals surface area contributed by atoms with Crippen molar-refractivity contribution in [2.24, 2.45) is 0 Å². The lowest BCUT2D eigenvalue weighted by atomic mass is 9.94. The standard InChI is InChI=1S/C10H10ClF6NO6/c1-3-8(22,24-6(20)10(15,16)17)4(2-7(11,21)23-3)18-5(19)9(12,13)14/h3-4,21-22H,2H2,1H3,(H,18,19)/t3-,4-,7-,8-/m0/s1. The van der Waals surface area contributed by atoms with Crippen molar-refractivity contribution in [3.05, 3.63) is 0 Å². The molecule has 0 unspecified atom stereocenters. The van der Waals surface area contributed by atoms with E-state index in [9.17, 15) is 46.1 Å². The van der Waals surface area contributed by atoms with Gasteiger partial charge in [-0.2, -0.15) is 26.3 Å². The number of halogens is 7. The van der Waals surface area contributed by atoms with Crippen LogP contribution in [0.1, 0.15) is 13.3 Å². The lowest BCUT2D eigenvalue weighted by molar-refractivity contribution is -0.342. The summed E-state index contributed by atoms with van der Waals surface area (Å²) in [5, 5.41) is 17.9. The van der Waals surface area contributed by atoms with Crippen molar-refractivity contribution in [3.8, 4) is 0 Å². The first-order chi connectivity index (χ1) is 10.5. The topological polar surface area (TPSA) is 105 Å². The van der Waals surface area contributed by atoms with Crippen molar-refractivity contribution in [1.82, 2.24) is 5.32 Å². The Morgan fingerprint density at radius 2 is 1.71 bits per heavy atom. The Kier molecular flexibility index (Phi) is 5.36. The minimum atomic E-state index is -5.59. The van der Waals surface area contributed by atoms with Gasteiger partial charge in [0.05, 0.1) is 0 Å². The van der Waals surface area contributed by atoms with E-state index in [4.69, 9.17) is 11.6 Å². The van der Waals surface area contributed by atoms with Gasteiger partial charge in [-0.1, -0.05) is 11.6 Å². The third-order valence-corrected chi connectivity index (χ3v) is 3.19. The van der Waals surface area contributed by atoms with E-state index in [1.165, 1.54) is 0 Å². The number of rotatable bonds is 2. The first-order valence-corrected chi connectivity index (χ1v) is 6.36. The highest BCUT2D eigenvalue weighted by atomic mass is 35.5. The molecule has 0 aromatic carbocycles. The number of nitrogens with one attached hydrogen (secondary N) is 1. The summed E-state index contributed by atoms with van der Waals surface area (Å²) in [4.78, 5) is 21.8. The molecular formula is C10H10ClF6NO6. The van der Waals surface area contributed by atoms with Crippen molar-refractivity contribution in [2.75, 3.05) is 0 Å². The van der Waals surface area contributed by atoms with E-state index in [1.807, 2.05) is 0 Å². The zero-order valence-corrected chi connectivity index (χ0v) is 12.3. The van der Waals surface area contributed by atoms with Gasteiger partial charge in [-0.15, -0.1) is 0 Å². The molecule has 24 heavy (non-hydrogen) atoms. The number of amides is 1. The maximum Gasteiger partial charge on any atom is 0.491 e. The average molecular weight is 390 g/mol. The third kappa shape index (κ3) is 4.62. The molecular weight excluding hydrogens is 380 g/mol. The van der Waals surface area contributed by atoms with Crippen LogP contribution in [0, 0.1) is 0 Å². The Morgan fingerprint density at radius 3 is 2.12 bits per heavy atom. The van der Waals surface area contributed by atoms with Gasteiger partial charge < -0.3 is 25.0 Å². The van der Waals surface area contributed by atoms with E-state index in [0.29, 0.717) is 0 Å². The molecule has 3 N–H and O–H groups in total. The Morgan fingerprint density at radius 1 is 1.21 bits per heavy atom. The van der Waals surface area contributed by atoms with Crippen molar-refractivity contribution < 1.29 is 55.6 Å². The van der Waals surface area contributed by atoms with Crippen LogP contribution in [-0.2, 0) is 19.1 Å². The molecule has 1 aliphatic rings. The van der Waals surface area contributed by atoms with Crippen LogP contribution in [-0.4, -0.2) is 57.6 Å². The maximum atomic E-state index is 12.3. The summed E-state index contributed by atoms with van der Waals surface area (Å²) in [5.74, 6) is -9.00. The zero-order valence-electron chi connectivity index (χ0n) is 11.5. The largest absolute Gasteiger partial charge is 0.491 e. The van der Waals surface area contributed by atoms with Crippen LogP contribution in [0.2, 0.25) is 0 Å². The van der Waals surface area contributed by atoms with Gasteiger partial charge in [0.2, 0.25) is 5.25 Å². The minimum absolute atomic E-state index is 0.753. The fourth-order valence-electron chi connectivity index (χ4n) is 1.84. The summed E-state index contributed by atoms with van der Waals surface area (Å²) in [6.07, 6.45) is -14.3. The maximum absolute atomic E-state index is 12.3. The molecule has 1 amide bonds. The van der Waals surface area contributed by atoms with E-state index >= 15 is 0 Å². The number of carbonyl (C=O) groups excluding carboxylic acids is 2. The molecule has 0 saturated carbocycles. The highest BCUT2D eigenvalue weighted by Crippen LogP contribution is 2.38. The number of alkyl halides is 7. The van der Waals surface area contributed by atoms with Gasteiger partial charge in [0.1, 0.15) is 12.1 Å². The number of aliphatic hydroxyl groups is 2. The average Bonchev–Trinajstić information content (AvgIpc) is 2.32. The smallest absolute Gasteiger partial charge is 0.421 e. The Hall–Kier alpha value is -1.31. The van der Waals surface area contributed by atoms with Gasteiger partial charge in [-0.05, 0) is 6.92 Å². The molecule has 0 aliphatic carbocycles. The Labute approximate surface area is 134 Å². The third-order valence-electron chi connectivity index (χ3n) is 2.95. The zero-order chi connectivity index (χ0) is 19.1. The van der Waals surface area contributed by atoms with Gasteiger partial charge in [-0.25, -0.2) is 4.79 Å². The lowest BCUT2D eigenvalue weighted by Crippen LogP contribution is -2.69. The quantitative estimate of drug-likeness (QED) is 0.275. The summed E-state index contributed by atoms with van der Waals surface area (Å²) in [6, 6.07) is -2.36. The second-order valence-corrected chi connectivity index (χ2v) is 5.41. The van der Waals surface area contributed by atoms with E-state index in [0.717, 1.165) is 12.2 Å². The number of ether oxygens (including phenoxy) is 2. The SMILES string of the molecule is C[C@@H]1O[C@](O)(Cl)C[C@H](NC(=O)C(F)(F)F)[C@@]1(O)OC(=O)C(F)(F)F. The first-order valence-electron chi connectivity index (χ1n) is 5.98. The summed E-state index contributed by atoms with van der Waals surface area (Å²) < 4.78 is 81.9. The monoisotopic (exact) mass is 389 g/mol. The van der Waals surface area contributed by atoms with Gasteiger partial charge in [0, 0.05) is 6.42 Å². The molecule has 7 nitrogen and oxygen atoms in total. The lowest BCUT2D eigenvalue weighted by Gasteiger charge is -2.47. The minimum Gasteiger partial charge on any atom is -0.421 e. The summed E-state index contributed by atoms with van der Waals surface area (Å²) in [5.41, 5.74) is 0. The molecule has 1 aliphatic heterocycles. The van der Waals surface area contributed by atoms with Crippen LogP contribution in [0.25, 0.3) is 0 Å². The Balaban J connectivity index is 3.15. The highest BCUT2D eigenvalue weighted by molar-refractivity contribution is 6.21. The molecule has 0 bridgehead atoms. The molecule has 0 aromatic heterocycles. The van der Waals surface area contributed by atoms with E-state index < -0.39 is 53.8 Å². The van der Waals surface area contributed by atoms with Crippen molar-refractivity contribution in [3.63, 3.8) is 0 Å². The molecule has 4 atom stereocenters. The number of esters is 1. The van der Waals surface area contributed by atoms with Gasteiger partial charge >= 0.3 is 24.2 Å². The highest BCUT2D eigenvalue weighted by Gasteiger charge is 2.60. The predicted molar refractivity (Wildman–Crippen MR) is 61.0 cm³/mol. The molecule has 0 aromatic rings. The Bertz CT molecular complexity index is 523. The van der Waals surface area contributed by atoms with Crippen LogP contribution >= 0.6 is 11.6 Å². The van der Waals surface area contributed by atoms with Crippen molar-refractivity contribution >= 4 is 23.5 Å². The molecule has 14 heteroatoms. The fraction of sp³-hybridized carbons (Fsp3) is 0.800. The molecule has 1 rings (SSSR count). The number of carbonyl (C=O) groups is 2. The first kappa shape index (κ1) is 20.7. The van der Waals surface area contributed by atoms with Crippen LogP contribution in [0.15, 0.2) is 0 Å². The molecule has 1 fully saturated rings. The second-order valence-electron chi connectivity index (χ2n) is 4.82. The fourth-order valence-corrected chi connectivity index (χ4v) is 2.13. The van der Waals surface area contributed by atoms with E-state index in [1.54, 1.807) is 0 Å². The van der Waals surface area contributed by atoms with Gasteiger partial charge in [-0.3, -0.25) is 4.79 Å². The molecule has 1 saturated heterocycles. The summed E-state index contributed by atoms with van der Waals surface area (Å²) in [6.45, 7) is 0.753. The van der Waals surface area contributed by atoms with Crippen LogP contribution in [0.3, 0.4) is 0 Å². The summed E-state index contributed by atoms with van der Waals surface area (Å²) in [7, 11) is 0. The van der Waals surface area contributed by atoms with E-state index in [2.05, 4.69) is 9.47 Å². The molecule has 0 spiro atoms. The van der Waals surface area contributed by atoms with Crippen LogP contribution in [0.5, 0.6) is 0 Å². The molecule has 140 valence electrons. The van der Waals surface area contributed by atoms with Crippen molar-refractivity contribution in [2.45, 2.75) is 48.9 Å². The predicted octanol–water partition coefficient (Wildman–Crippen LogP) is 0.521. The summed E-state index contributed by atoms with van der Waals surface area (Å²) >= 11 is 5.34.